The van der Waals surface area contributed by atoms with Crippen LogP contribution in [0.5, 0.6) is 0 Å². The minimum Gasteiger partial charge on any atom is -0.462 e. The molecule has 0 atom stereocenters. The van der Waals surface area contributed by atoms with Gasteiger partial charge in [0.05, 0.1) is 17.9 Å². The average molecular weight is 438 g/mol. The Kier molecular flexibility index (Phi) is 6.22. The molecule has 31 heavy (non-hydrogen) atoms. The summed E-state index contributed by atoms with van der Waals surface area (Å²) >= 11 is 1.56. The number of ether oxygens (including phenoxy) is 1. The maximum Gasteiger partial charge on any atom is 0.339 e. The molecule has 3 aromatic rings. The van der Waals surface area contributed by atoms with Crippen LogP contribution in [0.25, 0.3) is 21.7 Å². The molecule has 0 bridgehead atoms. The maximum absolute atomic E-state index is 12.2. The van der Waals surface area contributed by atoms with Gasteiger partial charge in [0, 0.05) is 53.1 Å². The normalized spacial score (nSPS) is 13.0. The zero-order valence-electron chi connectivity index (χ0n) is 17.3. The Hall–Kier alpha value is -3.33. The van der Waals surface area contributed by atoms with E-state index in [9.17, 15) is 9.59 Å². The van der Waals surface area contributed by atoms with Crippen molar-refractivity contribution in [1.29, 1.82) is 0 Å². The highest BCUT2D eigenvalue weighted by atomic mass is 32.1. The van der Waals surface area contributed by atoms with Gasteiger partial charge in [-0.15, -0.1) is 11.3 Å². The lowest BCUT2D eigenvalue weighted by atomic mass is 10.0. The van der Waals surface area contributed by atoms with Crippen LogP contribution in [0.3, 0.4) is 0 Å². The molecule has 0 spiro atoms. The number of amides is 2. The van der Waals surface area contributed by atoms with Crippen molar-refractivity contribution >= 4 is 29.2 Å². The standard InChI is InChI=1S/C22H23N5O3S/c1-3-24-22(29)27-19-8-16(20-26-18(12-31-20)13-5-6-13)17(11-25-19)14-7-15(10-23-9-14)21(28)30-4-2/h7-13H,3-6H2,1-2H3,(H2,24,25,27,29). The Morgan fingerprint density at radius 3 is 2.74 bits per heavy atom. The van der Waals surface area contributed by atoms with Gasteiger partial charge in [0.25, 0.3) is 0 Å². The molecule has 1 fully saturated rings. The summed E-state index contributed by atoms with van der Waals surface area (Å²) in [4.78, 5) is 37.5. The first-order valence-corrected chi connectivity index (χ1v) is 11.1. The molecule has 1 aliphatic carbocycles. The number of anilines is 1. The summed E-state index contributed by atoms with van der Waals surface area (Å²) < 4.78 is 5.10. The monoisotopic (exact) mass is 437 g/mol. The number of rotatable bonds is 7. The largest absolute Gasteiger partial charge is 0.462 e. The number of nitrogens with zero attached hydrogens (tertiary/aromatic N) is 3. The average Bonchev–Trinajstić information content (AvgIpc) is 3.51. The maximum atomic E-state index is 12.2. The van der Waals surface area contributed by atoms with Crippen LogP contribution in [-0.2, 0) is 4.74 Å². The Bertz CT molecular complexity index is 1110. The van der Waals surface area contributed by atoms with E-state index in [1.54, 1.807) is 42.8 Å². The number of thiazole rings is 1. The number of aromatic nitrogens is 3. The van der Waals surface area contributed by atoms with Crippen molar-refractivity contribution in [1.82, 2.24) is 20.3 Å². The molecular formula is C22H23N5O3S. The van der Waals surface area contributed by atoms with Crippen molar-refractivity contribution in [3.8, 4) is 21.7 Å². The van der Waals surface area contributed by atoms with E-state index in [1.807, 2.05) is 6.92 Å². The first-order valence-electron chi connectivity index (χ1n) is 10.2. The highest BCUT2D eigenvalue weighted by Crippen LogP contribution is 2.43. The molecule has 2 amide bonds. The van der Waals surface area contributed by atoms with Crippen LogP contribution in [0, 0.1) is 0 Å². The zero-order chi connectivity index (χ0) is 21.8. The number of urea groups is 1. The molecule has 0 unspecified atom stereocenters. The van der Waals surface area contributed by atoms with Crippen LogP contribution in [-0.4, -0.2) is 40.1 Å². The summed E-state index contributed by atoms with van der Waals surface area (Å²) in [5.41, 5.74) is 3.78. The van der Waals surface area contributed by atoms with Crippen molar-refractivity contribution in [3.63, 3.8) is 0 Å². The first-order chi connectivity index (χ1) is 15.1. The molecule has 160 valence electrons. The molecule has 2 N–H and O–H groups in total. The van der Waals surface area contributed by atoms with E-state index in [0.717, 1.165) is 27.4 Å². The summed E-state index contributed by atoms with van der Waals surface area (Å²) in [6.45, 7) is 4.41. The van der Waals surface area contributed by atoms with Gasteiger partial charge < -0.3 is 10.1 Å². The number of esters is 1. The molecular weight excluding hydrogens is 414 g/mol. The second-order valence-corrected chi connectivity index (χ2v) is 7.99. The number of carbonyl (C=O) groups is 2. The van der Waals surface area contributed by atoms with Gasteiger partial charge in [-0.3, -0.25) is 10.3 Å². The quantitative estimate of drug-likeness (QED) is 0.529. The number of carbonyl (C=O) groups excluding carboxylic acids is 2. The topological polar surface area (TPSA) is 106 Å². The van der Waals surface area contributed by atoms with Crippen LogP contribution in [0.4, 0.5) is 10.6 Å². The fourth-order valence-electron chi connectivity index (χ4n) is 3.14. The number of pyridine rings is 2. The molecule has 1 saturated carbocycles. The van der Waals surface area contributed by atoms with E-state index in [-0.39, 0.29) is 6.03 Å². The van der Waals surface area contributed by atoms with Gasteiger partial charge in [0.15, 0.2) is 0 Å². The summed E-state index contributed by atoms with van der Waals surface area (Å²) in [6, 6.07) is 3.21. The van der Waals surface area contributed by atoms with Crippen molar-refractivity contribution in [2.75, 3.05) is 18.5 Å². The van der Waals surface area contributed by atoms with Gasteiger partial charge >= 0.3 is 12.0 Å². The van der Waals surface area contributed by atoms with Crippen LogP contribution in [0.2, 0.25) is 0 Å². The Morgan fingerprint density at radius 2 is 2.00 bits per heavy atom. The molecule has 0 radical (unpaired) electrons. The summed E-state index contributed by atoms with van der Waals surface area (Å²) in [5.74, 6) is 0.533. The lowest BCUT2D eigenvalue weighted by molar-refractivity contribution is 0.0526. The molecule has 0 saturated heterocycles. The van der Waals surface area contributed by atoms with Gasteiger partial charge in [0.1, 0.15) is 10.8 Å². The van der Waals surface area contributed by atoms with E-state index in [4.69, 9.17) is 9.72 Å². The van der Waals surface area contributed by atoms with Gasteiger partial charge in [-0.2, -0.15) is 0 Å². The summed E-state index contributed by atoms with van der Waals surface area (Å²) in [6.07, 6.45) is 7.16. The van der Waals surface area contributed by atoms with E-state index < -0.39 is 5.97 Å². The van der Waals surface area contributed by atoms with Crippen LogP contribution in [0.15, 0.2) is 36.1 Å². The Labute approximate surface area is 184 Å². The van der Waals surface area contributed by atoms with Crippen LogP contribution in [0.1, 0.15) is 48.7 Å². The van der Waals surface area contributed by atoms with Crippen molar-refractivity contribution < 1.29 is 14.3 Å². The summed E-state index contributed by atoms with van der Waals surface area (Å²) in [7, 11) is 0. The molecule has 3 aromatic heterocycles. The lowest BCUT2D eigenvalue weighted by Gasteiger charge is -2.11. The Balaban J connectivity index is 1.75. The second kappa shape index (κ2) is 9.22. The smallest absolute Gasteiger partial charge is 0.339 e. The first kappa shape index (κ1) is 20.9. The SMILES string of the molecule is CCNC(=O)Nc1cc(-c2nc(C3CC3)cs2)c(-c2cncc(C(=O)OCC)c2)cn1. The predicted molar refractivity (Wildman–Crippen MR) is 119 cm³/mol. The molecule has 4 rings (SSSR count). The van der Waals surface area contributed by atoms with E-state index in [1.165, 1.54) is 19.0 Å². The minimum atomic E-state index is -0.425. The summed E-state index contributed by atoms with van der Waals surface area (Å²) in [5, 5.41) is 8.36. The minimum absolute atomic E-state index is 0.291. The van der Waals surface area contributed by atoms with Gasteiger partial charge in [-0.1, -0.05) is 0 Å². The number of nitrogens with one attached hydrogen (secondary N) is 2. The molecule has 0 aliphatic heterocycles. The van der Waals surface area contributed by atoms with Crippen LogP contribution < -0.4 is 10.6 Å². The van der Waals surface area contributed by atoms with Gasteiger partial charge in [0.2, 0.25) is 0 Å². The highest BCUT2D eigenvalue weighted by molar-refractivity contribution is 7.13. The second-order valence-electron chi connectivity index (χ2n) is 7.13. The number of hydrogen-bond donors (Lipinski definition) is 2. The zero-order valence-corrected chi connectivity index (χ0v) is 18.2. The third kappa shape index (κ3) is 4.88. The molecule has 8 nitrogen and oxygen atoms in total. The van der Waals surface area contributed by atoms with Gasteiger partial charge in [-0.05, 0) is 38.8 Å². The van der Waals surface area contributed by atoms with E-state index in [2.05, 4.69) is 26.0 Å². The molecule has 1 aliphatic rings. The fraction of sp³-hybridized carbons (Fsp3) is 0.318. The third-order valence-electron chi connectivity index (χ3n) is 4.79. The predicted octanol–water partition coefficient (Wildman–Crippen LogP) is 4.46. The van der Waals surface area contributed by atoms with Crippen LogP contribution >= 0.6 is 11.3 Å². The highest BCUT2D eigenvalue weighted by Gasteiger charge is 2.27. The van der Waals surface area contributed by atoms with Crippen molar-refractivity contribution in [3.05, 3.63) is 47.4 Å². The lowest BCUT2D eigenvalue weighted by Crippen LogP contribution is -2.28. The van der Waals surface area contributed by atoms with Crippen molar-refractivity contribution in [2.24, 2.45) is 0 Å². The Morgan fingerprint density at radius 1 is 1.16 bits per heavy atom. The fourth-order valence-corrected chi connectivity index (χ4v) is 4.07. The molecule has 3 heterocycles. The molecule has 0 aromatic carbocycles. The van der Waals surface area contributed by atoms with E-state index >= 15 is 0 Å². The molecule has 9 heteroatoms. The van der Waals surface area contributed by atoms with Crippen molar-refractivity contribution in [2.45, 2.75) is 32.6 Å². The van der Waals surface area contributed by atoms with E-state index in [0.29, 0.717) is 30.5 Å². The van der Waals surface area contributed by atoms with Gasteiger partial charge in [-0.25, -0.2) is 19.6 Å². The number of hydrogen-bond acceptors (Lipinski definition) is 7. The third-order valence-corrected chi connectivity index (χ3v) is 5.69.